The number of aromatic hydroxyl groups is 2. The van der Waals surface area contributed by atoms with Crippen molar-refractivity contribution < 1.29 is 29.3 Å². The lowest BCUT2D eigenvalue weighted by molar-refractivity contribution is 0.111. The lowest BCUT2D eigenvalue weighted by Crippen LogP contribution is -1.97. The molecule has 2 aromatic rings. The van der Waals surface area contributed by atoms with Crippen molar-refractivity contribution >= 4 is 12.6 Å². The first-order valence-corrected chi connectivity index (χ1v) is 12.5. The average molecular weight is 471 g/mol. The SMILES string of the molecule is O=Cc1ccc(OCCCCCCCCCCCCCCOc2ccc(C=O)c(O)c2)cc1O. The number of aldehydes is 2. The number of phenolic OH excluding ortho intramolecular Hbond substituents is 2. The van der Waals surface area contributed by atoms with Gasteiger partial charge in [0.2, 0.25) is 0 Å². The van der Waals surface area contributed by atoms with E-state index in [1.165, 1.54) is 63.5 Å². The van der Waals surface area contributed by atoms with Gasteiger partial charge in [0.1, 0.15) is 23.0 Å². The van der Waals surface area contributed by atoms with Gasteiger partial charge in [0.05, 0.1) is 24.3 Å². The number of hydrogen-bond acceptors (Lipinski definition) is 6. The highest BCUT2D eigenvalue weighted by Gasteiger charge is 2.03. The molecule has 0 unspecified atom stereocenters. The lowest BCUT2D eigenvalue weighted by atomic mass is 10.1. The van der Waals surface area contributed by atoms with E-state index in [1.807, 2.05) is 0 Å². The summed E-state index contributed by atoms with van der Waals surface area (Å²) in [6, 6.07) is 9.53. The summed E-state index contributed by atoms with van der Waals surface area (Å²) in [5.74, 6) is 1.12. The summed E-state index contributed by atoms with van der Waals surface area (Å²) in [7, 11) is 0. The van der Waals surface area contributed by atoms with Gasteiger partial charge in [-0.2, -0.15) is 0 Å². The van der Waals surface area contributed by atoms with Gasteiger partial charge in [-0.3, -0.25) is 9.59 Å². The Morgan fingerprint density at radius 3 is 1.15 bits per heavy atom. The fraction of sp³-hybridized carbons (Fsp3) is 0.500. The molecule has 2 aromatic carbocycles. The summed E-state index contributed by atoms with van der Waals surface area (Å²) in [6.07, 6.45) is 15.6. The number of unbranched alkanes of at least 4 members (excludes halogenated alkanes) is 11. The van der Waals surface area contributed by atoms with Crippen LogP contribution in [0.25, 0.3) is 0 Å². The molecule has 0 spiro atoms. The molecule has 0 heterocycles. The number of ether oxygens (including phenoxy) is 2. The van der Waals surface area contributed by atoms with Gasteiger partial charge in [0.15, 0.2) is 12.6 Å². The summed E-state index contributed by atoms with van der Waals surface area (Å²) in [5.41, 5.74) is 0.555. The standard InChI is InChI=1S/C28H38O6/c29-21-23-13-15-25(19-27(23)31)33-17-11-9-7-5-3-1-2-4-6-8-10-12-18-34-26-16-14-24(22-30)28(32)20-26/h13-16,19-22,31-32H,1-12,17-18H2. The first-order chi connectivity index (χ1) is 16.6. The Kier molecular flexibility index (Phi) is 13.3. The summed E-state index contributed by atoms with van der Waals surface area (Å²) in [4.78, 5) is 21.4. The van der Waals surface area contributed by atoms with Crippen LogP contribution in [0.2, 0.25) is 0 Å². The molecule has 34 heavy (non-hydrogen) atoms. The van der Waals surface area contributed by atoms with Crippen LogP contribution in [0.5, 0.6) is 23.0 Å². The molecule has 186 valence electrons. The van der Waals surface area contributed by atoms with Crippen molar-refractivity contribution in [3.63, 3.8) is 0 Å². The van der Waals surface area contributed by atoms with Crippen LogP contribution in [0.3, 0.4) is 0 Å². The number of benzene rings is 2. The molecule has 2 rings (SSSR count). The number of rotatable bonds is 19. The predicted octanol–water partition coefficient (Wildman–Crippen LogP) is 6.86. The second kappa shape index (κ2) is 16.6. The summed E-state index contributed by atoms with van der Waals surface area (Å²) in [6.45, 7) is 1.25. The second-order valence-corrected chi connectivity index (χ2v) is 8.62. The zero-order chi connectivity index (χ0) is 24.4. The Bertz CT molecular complexity index is 792. The minimum atomic E-state index is -0.0395. The molecule has 0 aliphatic heterocycles. The van der Waals surface area contributed by atoms with Gasteiger partial charge in [-0.1, -0.05) is 64.2 Å². The molecule has 0 amide bonds. The van der Waals surface area contributed by atoms with Crippen LogP contribution in [0.4, 0.5) is 0 Å². The number of hydrogen-bond donors (Lipinski definition) is 2. The molecule has 0 aliphatic carbocycles. The molecule has 0 aliphatic rings. The highest BCUT2D eigenvalue weighted by Crippen LogP contribution is 2.23. The minimum Gasteiger partial charge on any atom is -0.507 e. The van der Waals surface area contributed by atoms with Gasteiger partial charge >= 0.3 is 0 Å². The van der Waals surface area contributed by atoms with Gasteiger partial charge in [0, 0.05) is 12.1 Å². The third kappa shape index (κ3) is 10.7. The van der Waals surface area contributed by atoms with E-state index in [4.69, 9.17) is 9.47 Å². The molecule has 0 atom stereocenters. The average Bonchev–Trinajstić information content (AvgIpc) is 2.84. The fourth-order valence-electron chi connectivity index (χ4n) is 3.78. The van der Waals surface area contributed by atoms with E-state index < -0.39 is 0 Å². The van der Waals surface area contributed by atoms with E-state index in [0.717, 1.165) is 25.7 Å². The quantitative estimate of drug-likeness (QED) is 0.172. The topological polar surface area (TPSA) is 93.1 Å². The monoisotopic (exact) mass is 470 g/mol. The number of carbonyl (C=O) groups excluding carboxylic acids is 2. The van der Waals surface area contributed by atoms with Gasteiger partial charge < -0.3 is 19.7 Å². The van der Waals surface area contributed by atoms with Crippen molar-refractivity contribution in [3.8, 4) is 23.0 Å². The van der Waals surface area contributed by atoms with Crippen molar-refractivity contribution in [3.05, 3.63) is 47.5 Å². The van der Waals surface area contributed by atoms with Crippen molar-refractivity contribution in [1.82, 2.24) is 0 Å². The smallest absolute Gasteiger partial charge is 0.153 e. The molecular weight excluding hydrogens is 432 g/mol. The molecule has 0 saturated heterocycles. The van der Waals surface area contributed by atoms with E-state index in [2.05, 4.69) is 0 Å². The van der Waals surface area contributed by atoms with E-state index in [9.17, 15) is 19.8 Å². The van der Waals surface area contributed by atoms with Crippen molar-refractivity contribution in [2.75, 3.05) is 13.2 Å². The third-order valence-electron chi connectivity index (χ3n) is 5.83. The molecule has 0 saturated carbocycles. The van der Waals surface area contributed by atoms with Crippen molar-refractivity contribution in [1.29, 1.82) is 0 Å². The maximum Gasteiger partial charge on any atom is 0.153 e. The number of carbonyl (C=O) groups is 2. The first-order valence-electron chi connectivity index (χ1n) is 12.5. The van der Waals surface area contributed by atoms with Crippen LogP contribution in [0.1, 0.15) is 97.8 Å². The predicted molar refractivity (Wildman–Crippen MR) is 133 cm³/mol. The Hall–Kier alpha value is -3.02. The Morgan fingerprint density at radius 2 is 0.853 bits per heavy atom. The Labute approximate surface area is 202 Å². The first kappa shape index (κ1) is 27.2. The number of phenols is 2. The Balaban J connectivity index is 1.33. The highest BCUT2D eigenvalue weighted by molar-refractivity contribution is 5.79. The van der Waals surface area contributed by atoms with Gasteiger partial charge in [0.25, 0.3) is 0 Å². The molecule has 0 fully saturated rings. The minimum absolute atomic E-state index is 0.0395. The van der Waals surface area contributed by atoms with Gasteiger partial charge in [-0.05, 0) is 37.1 Å². The van der Waals surface area contributed by atoms with Crippen molar-refractivity contribution in [2.45, 2.75) is 77.0 Å². The van der Waals surface area contributed by atoms with Crippen LogP contribution >= 0.6 is 0 Å². The molecule has 6 heteroatoms. The van der Waals surface area contributed by atoms with Gasteiger partial charge in [-0.25, -0.2) is 0 Å². The zero-order valence-corrected chi connectivity index (χ0v) is 20.0. The third-order valence-corrected chi connectivity index (χ3v) is 5.83. The van der Waals surface area contributed by atoms with Crippen LogP contribution in [-0.2, 0) is 0 Å². The van der Waals surface area contributed by atoms with Crippen LogP contribution in [0, 0.1) is 0 Å². The largest absolute Gasteiger partial charge is 0.507 e. The van der Waals surface area contributed by atoms with Crippen LogP contribution in [-0.4, -0.2) is 36.0 Å². The molecule has 2 N–H and O–H groups in total. The summed E-state index contributed by atoms with van der Waals surface area (Å²) in [5, 5.41) is 19.3. The zero-order valence-electron chi connectivity index (χ0n) is 20.0. The molecular formula is C28H38O6. The van der Waals surface area contributed by atoms with Crippen LogP contribution in [0.15, 0.2) is 36.4 Å². The van der Waals surface area contributed by atoms with E-state index in [-0.39, 0.29) is 22.6 Å². The molecule has 0 bridgehead atoms. The maximum atomic E-state index is 10.7. The van der Waals surface area contributed by atoms with E-state index in [1.54, 1.807) is 24.3 Å². The lowest BCUT2D eigenvalue weighted by Gasteiger charge is -2.08. The second-order valence-electron chi connectivity index (χ2n) is 8.62. The Morgan fingerprint density at radius 1 is 0.529 bits per heavy atom. The fourth-order valence-corrected chi connectivity index (χ4v) is 3.78. The van der Waals surface area contributed by atoms with Crippen molar-refractivity contribution in [2.24, 2.45) is 0 Å². The maximum absolute atomic E-state index is 10.7. The van der Waals surface area contributed by atoms with E-state index in [0.29, 0.717) is 37.3 Å². The highest BCUT2D eigenvalue weighted by atomic mass is 16.5. The van der Waals surface area contributed by atoms with E-state index >= 15 is 0 Å². The van der Waals surface area contributed by atoms with Gasteiger partial charge in [-0.15, -0.1) is 0 Å². The molecule has 0 aromatic heterocycles. The van der Waals surface area contributed by atoms with Crippen LogP contribution < -0.4 is 9.47 Å². The molecule has 6 nitrogen and oxygen atoms in total. The molecule has 0 radical (unpaired) electrons. The summed E-state index contributed by atoms with van der Waals surface area (Å²) >= 11 is 0. The normalized spacial score (nSPS) is 10.7. The summed E-state index contributed by atoms with van der Waals surface area (Å²) < 4.78 is 11.2.